The number of amides is 2. The van der Waals surface area contributed by atoms with E-state index < -0.39 is 28.5 Å². The molecule has 208 valence electrons. The van der Waals surface area contributed by atoms with Gasteiger partial charge in [-0.1, -0.05) is 85.3 Å². The lowest BCUT2D eigenvalue weighted by Crippen LogP contribution is -2.53. The molecule has 0 spiro atoms. The molecule has 1 N–H and O–H groups in total. The maximum atomic E-state index is 14.1. The number of nitrogens with zero attached hydrogens (tertiary/aromatic N) is 2. The quantitative estimate of drug-likeness (QED) is 0.359. The number of aryl methyl sites for hydroxylation is 3. The molecular formula is C31H39N3O4S. The molecule has 0 unspecified atom stereocenters. The van der Waals surface area contributed by atoms with Gasteiger partial charge in [0, 0.05) is 19.5 Å². The number of benzene rings is 3. The van der Waals surface area contributed by atoms with Crippen LogP contribution in [0.4, 0.5) is 5.69 Å². The first kappa shape index (κ1) is 29.9. The summed E-state index contributed by atoms with van der Waals surface area (Å²) in [4.78, 5) is 29.2. The summed E-state index contributed by atoms with van der Waals surface area (Å²) in [6, 6.07) is 22.0. The number of sulfonamides is 1. The summed E-state index contributed by atoms with van der Waals surface area (Å²) in [5.74, 6) is -0.711. The van der Waals surface area contributed by atoms with Crippen LogP contribution in [0.1, 0.15) is 41.2 Å². The second kappa shape index (κ2) is 13.4. The van der Waals surface area contributed by atoms with Crippen molar-refractivity contribution in [3.63, 3.8) is 0 Å². The van der Waals surface area contributed by atoms with Gasteiger partial charge in [0.25, 0.3) is 0 Å². The molecule has 0 saturated carbocycles. The summed E-state index contributed by atoms with van der Waals surface area (Å²) in [5, 5.41) is 2.95. The first-order valence-electron chi connectivity index (χ1n) is 13.2. The van der Waals surface area contributed by atoms with Crippen LogP contribution >= 0.6 is 0 Å². The number of rotatable bonds is 12. The van der Waals surface area contributed by atoms with Crippen molar-refractivity contribution in [3.05, 3.63) is 101 Å². The maximum Gasteiger partial charge on any atom is 0.244 e. The van der Waals surface area contributed by atoms with Crippen molar-refractivity contribution in [1.82, 2.24) is 10.2 Å². The van der Waals surface area contributed by atoms with E-state index in [1.807, 2.05) is 100 Å². The number of anilines is 1. The highest BCUT2D eigenvalue weighted by Crippen LogP contribution is 2.27. The van der Waals surface area contributed by atoms with E-state index in [2.05, 4.69) is 5.32 Å². The topological polar surface area (TPSA) is 86.8 Å². The average Bonchev–Trinajstić information content (AvgIpc) is 2.88. The fourth-order valence-corrected chi connectivity index (χ4v) is 5.67. The predicted molar refractivity (Wildman–Crippen MR) is 157 cm³/mol. The number of nitrogens with one attached hydrogen (secondary N) is 1. The Hall–Kier alpha value is -3.65. The summed E-state index contributed by atoms with van der Waals surface area (Å²) < 4.78 is 27.2. The van der Waals surface area contributed by atoms with E-state index in [1.54, 1.807) is 0 Å². The molecule has 0 aliphatic rings. The number of hydrogen-bond donors (Lipinski definition) is 1. The highest BCUT2D eigenvalue weighted by atomic mass is 32.2. The van der Waals surface area contributed by atoms with E-state index in [4.69, 9.17) is 0 Å². The number of carbonyl (C=O) groups excluding carboxylic acids is 2. The van der Waals surface area contributed by atoms with Crippen LogP contribution in [-0.2, 0) is 32.6 Å². The Bertz CT molecular complexity index is 1370. The normalized spacial score (nSPS) is 12.0. The highest BCUT2D eigenvalue weighted by Gasteiger charge is 2.33. The van der Waals surface area contributed by atoms with Crippen LogP contribution < -0.4 is 9.62 Å². The largest absolute Gasteiger partial charge is 0.354 e. The van der Waals surface area contributed by atoms with E-state index >= 15 is 0 Å². The molecule has 0 fully saturated rings. The SMILES string of the molecule is CCCNC(=O)[C@H](Cc1ccccc1)N(Cc1cccc(C)c1)C(=O)CN(c1c(C)cccc1C)S(C)(=O)=O. The zero-order chi connectivity index (χ0) is 28.6. The molecule has 8 heteroatoms. The molecule has 39 heavy (non-hydrogen) atoms. The van der Waals surface area contributed by atoms with Gasteiger partial charge in [-0.2, -0.15) is 0 Å². The van der Waals surface area contributed by atoms with E-state index in [-0.39, 0.29) is 12.5 Å². The van der Waals surface area contributed by atoms with Crippen molar-refractivity contribution in [2.24, 2.45) is 0 Å². The molecule has 3 aromatic rings. The van der Waals surface area contributed by atoms with Crippen LogP contribution in [-0.4, -0.2) is 50.5 Å². The zero-order valence-corrected chi connectivity index (χ0v) is 24.3. The van der Waals surface area contributed by atoms with Crippen LogP contribution in [0.2, 0.25) is 0 Å². The highest BCUT2D eigenvalue weighted by molar-refractivity contribution is 7.92. The van der Waals surface area contributed by atoms with Crippen LogP contribution in [0.5, 0.6) is 0 Å². The van der Waals surface area contributed by atoms with Crippen molar-refractivity contribution in [3.8, 4) is 0 Å². The van der Waals surface area contributed by atoms with Gasteiger partial charge >= 0.3 is 0 Å². The monoisotopic (exact) mass is 549 g/mol. The molecule has 3 aromatic carbocycles. The first-order chi connectivity index (χ1) is 18.5. The molecule has 0 saturated heterocycles. The van der Waals surface area contributed by atoms with Crippen LogP contribution in [0.25, 0.3) is 0 Å². The standard InChI is InChI=1S/C31H39N3O4S/c1-6-18-32-31(36)28(20-26-15-8-7-9-16-26)33(21-27-17-10-12-23(2)19-27)29(35)22-34(39(5,37)38)30-24(3)13-11-14-25(30)4/h7-17,19,28H,6,18,20-22H2,1-5H3,(H,32,36)/t28-/m0/s1. The van der Waals surface area contributed by atoms with Crippen molar-refractivity contribution >= 4 is 27.5 Å². The summed E-state index contributed by atoms with van der Waals surface area (Å²) in [5.41, 5.74) is 4.79. The van der Waals surface area contributed by atoms with Gasteiger partial charge in [-0.05, 0) is 49.4 Å². The molecule has 0 aliphatic heterocycles. The van der Waals surface area contributed by atoms with Gasteiger partial charge < -0.3 is 10.2 Å². The number of carbonyl (C=O) groups is 2. The fraction of sp³-hybridized carbons (Fsp3) is 0.355. The Morgan fingerprint density at radius 3 is 2.08 bits per heavy atom. The Balaban J connectivity index is 2.08. The van der Waals surface area contributed by atoms with Crippen molar-refractivity contribution in [2.45, 2.75) is 53.1 Å². The molecule has 7 nitrogen and oxygen atoms in total. The summed E-state index contributed by atoms with van der Waals surface area (Å²) >= 11 is 0. The predicted octanol–water partition coefficient (Wildman–Crippen LogP) is 4.54. The lowest BCUT2D eigenvalue weighted by molar-refractivity contribution is -0.140. The van der Waals surface area contributed by atoms with Gasteiger partial charge in [0.05, 0.1) is 11.9 Å². The van der Waals surface area contributed by atoms with Crippen molar-refractivity contribution in [1.29, 1.82) is 0 Å². The van der Waals surface area contributed by atoms with Gasteiger partial charge in [-0.15, -0.1) is 0 Å². The van der Waals surface area contributed by atoms with Gasteiger partial charge in [0.15, 0.2) is 0 Å². The number of hydrogen-bond acceptors (Lipinski definition) is 4. The van der Waals surface area contributed by atoms with Crippen molar-refractivity contribution in [2.75, 3.05) is 23.7 Å². The lowest BCUT2D eigenvalue weighted by Gasteiger charge is -2.34. The van der Waals surface area contributed by atoms with Gasteiger partial charge in [0.2, 0.25) is 21.8 Å². The van der Waals surface area contributed by atoms with Crippen LogP contribution in [0, 0.1) is 20.8 Å². The first-order valence-corrected chi connectivity index (χ1v) is 15.1. The van der Waals surface area contributed by atoms with E-state index in [0.717, 1.165) is 44.8 Å². The minimum atomic E-state index is -3.80. The second-order valence-electron chi connectivity index (χ2n) is 10.0. The molecular weight excluding hydrogens is 510 g/mol. The molecule has 0 bridgehead atoms. The lowest BCUT2D eigenvalue weighted by atomic mass is 10.0. The Labute approximate surface area is 232 Å². The smallest absolute Gasteiger partial charge is 0.244 e. The molecule has 3 rings (SSSR count). The number of para-hydroxylation sites is 1. The zero-order valence-electron chi connectivity index (χ0n) is 23.5. The van der Waals surface area contributed by atoms with Crippen LogP contribution in [0.15, 0.2) is 72.8 Å². The Kier molecular flexibility index (Phi) is 10.3. The summed E-state index contributed by atoms with van der Waals surface area (Å²) in [7, 11) is -3.80. The molecule has 2 amide bonds. The summed E-state index contributed by atoms with van der Waals surface area (Å²) in [6.45, 7) is 7.82. The molecule has 0 aliphatic carbocycles. The summed E-state index contributed by atoms with van der Waals surface area (Å²) in [6.07, 6.45) is 2.16. The van der Waals surface area contributed by atoms with Gasteiger partial charge in [0.1, 0.15) is 12.6 Å². The minimum absolute atomic E-state index is 0.169. The third-order valence-corrected chi connectivity index (χ3v) is 7.74. The Morgan fingerprint density at radius 1 is 0.872 bits per heavy atom. The van der Waals surface area contributed by atoms with Crippen LogP contribution in [0.3, 0.4) is 0 Å². The minimum Gasteiger partial charge on any atom is -0.354 e. The third-order valence-electron chi connectivity index (χ3n) is 6.62. The van der Waals surface area contributed by atoms with Gasteiger partial charge in [-0.25, -0.2) is 8.42 Å². The molecule has 1 atom stereocenters. The average molecular weight is 550 g/mol. The van der Waals surface area contributed by atoms with Crippen molar-refractivity contribution < 1.29 is 18.0 Å². The van der Waals surface area contributed by atoms with Gasteiger partial charge in [-0.3, -0.25) is 13.9 Å². The maximum absolute atomic E-state index is 14.1. The fourth-order valence-electron chi connectivity index (χ4n) is 4.70. The molecule has 0 heterocycles. The Morgan fingerprint density at radius 2 is 1.49 bits per heavy atom. The third kappa shape index (κ3) is 8.17. The molecule has 0 aromatic heterocycles. The second-order valence-corrected chi connectivity index (χ2v) is 11.9. The van der Waals surface area contributed by atoms with E-state index in [9.17, 15) is 18.0 Å². The van der Waals surface area contributed by atoms with E-state index in [0.29, 0.717) is 18.7 Å². The van der Waals surface area contributed by atoms with E-state index in [1.165, 1.54) is 4.90 Å². The molecule has 0 radical (unpaired) electrons.